The third kappa shape index (κ3) is 6.71. The zero-order chi connectivity index (χ0) is 18.3. The molecule has 0 aliphatic heterocycles. The highest BCUT2D eigenvalue weighted by molar-refractivity contribution is 5.89. The highest BCUT2D eigenvalue weighted by atomic mass is 16.3. The van der Waals surface area contributed by atoms with E-state index in [9.17, 15) is 14.7 Å². The van der Waals surface area contributed by atoms with Crippen molar-refractivity contribution in [2.45, 2.75) is 59.1 Å². The van der Waals surface area contributed by atoms with E-state index in [1.165, 1.54) is 0 Å². The van der Waals surface area contributed by atoms with Gasteiger partial charge in [-0.2, -0.15) is 0 Å². The molecule has 3 atom stereocenters. The van der Waals surface area contributed by atoms with E-state index < -0.39 is 17.6 Å². The van der Waals surface area contributed by atoms with Crippen LogP contribution in [0.1, 0.15) is 52.5 Å². The van der Waals surface area contributed by atoms with Gasteiger partial charge >= 0.3 is 0 Å². The van der Waals surface area contributed by atoms with Gasteiger partial charge in [0.15, 0.2) is 0 Å². The number of hydrogen-bond acceptors (Lipinski definition) is 3. The van der Waals surface area contributed by atoms with Crippen LogP contribution in [0.2, 0.25) is 0 Å². The number of benzene rings is 1. The lowest BCUT2D eigenvalue weighted by atomic mass is 9.93. The van der Waals surface area contributed by atoms with Crippen molar-refractivity contribution in [1.82, 2.24) is 10.6 Å². The molecule has 134 valence electrons. The lowest BCUT2D eigenvalue weighted by molar-refractivity contribution is -0.133. The van der Waals surface area contributed by atoms with Crippen LogP contribution in [0.4, 0.5) is 0 Å². The van der Waals surface area contributed by atoms with E-state index in [1.54, 1.807) is 34.6 Å². The minimum atomic E-state index is -0.598. The highest BCUT2D eigenvalue weighted by Gasteiger charge is 2.25. The van der Waals surface area contributed by atoms with Gasteiger partial charge in [-0.05, 0) is 25.8 Å². The molecular weight excluding hydrogens is 304 g/mol. The van der Waals surface area contributed by atoms with Crippen molar-refractivity contribution >= 4 is 11.8 Å². The molecule has 0 aliphatic rings. The Balaban J connectivity index is 2.63. The Kier molecular flexibility index (Phi) is 7.42. The molecule has 0 fully saturated rings. The van der Waals surface area contributed by atoms with E-state index in [4.69, 9.17) is 0 Å². The first-order valence-electron chi connectivity index (χ1n) is 8.43. The number of carbonyl (C=O) groups is 2. The molecule has 24 heavy (non-hydrogen) atoms. The Labute approximate surface area is 144 Å². The van der Waals surface area contributed by atoms with Crippen LogP contribution in [-0.4, -0.2) is 35.6 Å². The van der Waals surface area contributed by atoms with Crippen LogP contribution in [0.5, 0.6) is 0 Å². The summed E-state index contributed by atoms with van der Waals surface area (Å²) in [6, 6.07) is 9.20. The van der Waals surface area contributed by atoms with Crippen LogP contribution in [0.15, 0.2) is 30.3 Å². The average molecular weight is 334 g/mol. The molecule has 0 aromatic heterocycles. The summed E-state index contributed by atoms with van der Waals surface area (Å²) >= 11 is 0. The zero-order valence-corrected chi connectivity index (χ0v) is 15.3. The number of amides is 2. The van der Waals surface area contributed by atoms with Crippen molar-refractivity contribution in [3.8, 4) is 0 Å². The van der Waals surface area contributed by atoms with Gasteiger partial charge in [-0.1, -0.05) is 51.1 Å². The third-order valence-corrected chi connectivity index (χ3v) is 3.84. The zero-order valence-electron chi connectivity index (χ0n) is 15.3. The van der Waals surface area contributed by atoms with Crippen molar-refractivity contribution in [3.05, 3.63) is 35.9 Å². The van der Waals surface area contributed by atoms with Crippen molar-refractivity contribution in [1.29, 1.82) is 0 Å². The third-order valence-electron chi connectivity index (χ3n) is 3.84. The van der Waals surface area contributed by atoms with Crippen LogP contribution in [0.3, 0.4) is 0 Å². The normalized spacial score (nSPS) is 15.2. The van der Waals surface area contributed by atoms with E-state index in [1.807, 2.05) is 30.3 Å². The van der Waals surface area contributed by atoms with E-state index in [0.717, 1.165) is 5.56 Å². The number of nitrogens with one attached hydrogen (secondary N) is 2. The molecule has 0 spiro atoms. The summed E-state index contributed by atoms with van der Waals surface area (Å²) in [6.45, 7) is 9.25. The molecule has 0 heterocycles. The van der Waals surface area contributed by atoms with Crippen molar-refractivity contribution in [2.24, 2.45) is 5.41 Å². The number of hydrogen-bond donors (Lipinski definition) is 3. The Hall–Kier alpha value is -1.88. The van der Waals surface area contributed by atoms with Gasteiger partial charge in [0.25, 0.3) is 0 Å². The SMILES string of the molecule is CC(O)CC(CNC(=O)C(C)NC(=O)C(C)(C)C)c1ccccc1. The van der Waals surface area contributed by atoms with Gasteiger partial charge in [-0.15, -0.1) is 0 Å². The number of rotatable bonds is 7. The van der Waals surface area contributed by atoms with Gasteiger partial charge in [0.2, 0.25) is 11.8 Å². The van der Waals surface area contributed by atoms with Gasteiger partial charge in [-0.25, -0.2) is 0 Å². The molecule has 1 aromatic rings. The van der Waals surface area contributed by atoms with E-state index in [0.29, 0.717) is 13.0 Å². The van der Waals surface area contributed by atoms with Crippen LogP contribution in [0, 0.1) is 5.41 Å². The van der Waals surface area contributed by atoms with E-state index in [2.05, 4.69) is 10.6 Å². The molecule has 2 amide bonds. The summed E-state index contributed by atoms with van der Waals surface area (Å²) in [7, 11) is 0. The first-order chi connectivity index (χ1) is 11.1. The summed E-state index contributed by atoms with van der Waals surface area (Å²) in [5.74, 6) is -0.353. The van der Waals surface area contributed by atoms with Crippen LogP contribution < -0.4 is 10.6 Å². The van der Waals surface area contributed by atoms with Gasteiger partial charge < -0.3 is 15.7 Å². The maximum absolute atomic E-state index is 12.2. The first kappa shape index (κ1) is 20.2. The number of aliphatic hydroxyl groups is 1. The summed E-state index contributed by atoms with van der Waals surface area (Å²) in [4.78, 5) is 24.2. The lowest BCUT2D eigenvalue weighted by Crippen LogP contribution is -2.48. The molecule has 5 heteroatoms. The largest absolute Gasteiger partial charge is 0.393 e. The highest BCUT2D eigenvalue weighted by Crippen LogP contribution is 2.20. The smallest absolute Gasteiger partial charge is 0.242 e. The monoisotopic (exact) mass is 334 g/mol. The molecule has 0 radical (unpaired) electrons. The molecule has 1 aromatic carbocycles. The van der Waals surface area contributed by atoms with Gasteiger partial charge in [0, 0.05) is 17.9 Å². The maximum Gasteiger partial charge on any atom is 0.242 e. The van der Waals surface area contributed by atoms with E-state index >= 15 is 0 Å². The molecule has 3 N–H and O–H groups in total. The van der Waals surface area contributed by atoms with Crippen molar-refractivity contribution < 1.29 is 14.7 Å². The second-order valence-electron chi connectivity index (χ2n) is 7.38. The molecular formula is C19H30N2O3. The molecule has 0 saturated heterocycles. The van der Waals surface area contributed by atoms with Crippen LogP contribution in [-0.2, 0) is 9.59 Å². The Morgan fingerprint density at radius 1 is 1.12 bits per heavy atom. The quantitative estimate of drug-likeness (QED) is 0.715. The fourth-order valence-corrected chi connectivity index (χ4v) is 2.33. The lowest BCUT2D eigenvalue weighted by Gasteiger charge is -2.23. The minimum Gasteiger partial charge on any atom is -0.393 e. The number of carbonyl (C=O) groups excluding carboxylic acids is 2. The summed E-state index contributed by atoms with van der Waals surface area (Å²) in [5, 5.41) is 15.3. The summed E-state index contributed by atoms with van der Waals surface area (Å²) < 4.78 is 0. The predicted molar refractivity (Wildman–Crippen MR) is 95.6 cm³/mol. The summed E-state index contributed by atoms with van der Waals surface area (Å²) in [6.07, 6.45) is 0.109. The Morgan fingerprint density at radius 2 is 1.71 bits per heavy atom. The fraction of sp³-hybridized carbons (Fsp3) is 0.579. The van der Waals surface area contributed by atoms with Crippen LogP contribution in [0.25, 0.3) is 0 Å². The van der Waals surface area contributed by atoms with E-state index in [-0.39, 0.29) is 17.7 Å². The molecule has 0 saturated carbocycles. The fourth-order valence-electron chi connectivity index (χ4n) is 2.33. The maximum atomic E-state index is 12.2. The van der Waals surface area contributed by atoms with Crippen molar-refractivity contribution in [2.75, 3.05) is 6.54 Å². The van der Waals surface area contributed by atoms with Gasteiger partial charge in [-0.3, -0.25) is 9.59 Å². The Bertz CT molecular complexity index is 535. The molecule has 5 nitrogen and oxygen atoms in total. The first-order valence-corrected chi connectivity index (χ1v) is 8.43. The van der Waals surface area contributed by atoms with Gasteiger partial charge in [0.05, 0.1) is 6.10 Å². The molecule has 0 bridgehead atoms. The molecule has 0 aliphatic carbocycles. The molecule has 3 unspecified atom stereocenters. The van der Waals surface area contributed by atoms with Crippen molar-refractivity contribution in [3.63, 3.8) is 0 Å². The average Bonchev–Trinajstić information content (AvgIpc) is 2.50. The Morgan fingerprint density at radius 3 is 2.21 bits per heavy atom. The standard InChI is InChI=1S/C19H30N2O3/c1-13(22)11-16(15-9-7-6-8-10-15)12-20-17(23)14(2)21-18(24)19(3,4)5/h6-10,13-14,16,22H,11-12H2,1-5H3,(H,20,23)(H,21,24). The second-order valence-corrected chi connectivity index (χ2v) is 7.38. The van der Waals surface area contributed by atoms with Crippen LogP contribution >= 0.6 is 0 Å². The predicted octanol–water partition coefficient (Wildman–Crippen LogP) is 2.21. The number of aliphatic hydroxyl groups excluding tert-OH is 1. The molecule has 1 rings (SSSR count). The summed E-state index contributed by atoms with van der Waals surface area (Å²) in [5.41, 5.74) is 0.540. The minimum absolute atomic E-state index is 0.0284. The second kappa shape index (κ2) is 8.83. The van der Waals surface area contributed by atoms with Gasteiger partial charge in [0.1, 0.15) is 6.04 Å². The topological polar surface area (TPSA) is 78.4 Å².